The highest BCUT2D eigenvalue weighted by atomic mass is 15.2. The molecule has 10 rings (SSSR count). The van der Waals surface area contributed by atoms with Crippen molar-refractivity contribution in [2.24, 2.45) is 0 Å². The third-order valence-corrected chi connectivity index (χ3v) is 10.6. The van der Waals surface area contributed by atoms with Crippen LogP contribution in [0.2, 0.25) is 0 Å². The van der Waals surface area contributed by atoms with Gasteiger partial charge in [-0.3, -0.25) is 4.57 Å². The van der Waals surface area contributed by atoms with Gasteiger partial charge in [0.1, 0.15) is 0 Å². The third-order valence-electron chi connectivity index (χ3n) is 10.6. The summed E-state index contributed by atoms with van der Waals surface area (Å²) in [5.41, 5.74) is 13.7. The number of nitrogens with zero attached hydrogens (tertiary/aromatic N) is 3. The highest BCUT2D eigenvalue weighted by Crippen LogP contribution is 2.53. The fraction of sp³-hybridized carbons (Fsp3) is 0.102. The Kier molecular flexibility index (Phi) is 7.59. The SMILES string of the molecule is CC.CC1(C)c2ccccc2-c2c(-c3cccc4c5c6ccccc6ccc5n(-c5nc(-c6ccccc6)cc(-c6ccccc6)n5)c34)cccc21. The van der Waals surface area contributed by atoms with E-state index in [2.05, 4.69) is 170 Å². The molecular formula is C49H39N3. The van der Waals surface area contributed by atoms with Crippen LogP contribution >= 0.6 is 0 Å². The molecule has 0 amide bonds. The zero-order valence-corrected chi connectivity index (χ0v) is 29.9. The molecule has 0 atom stereocenters. The minimum Gasteiger partial charge on any atom is -0.277 e. The maximum absolute atomic E-state index is 5.37. The average Bonchev–Trinajstić information content (AvgIpc) is 3.68. The zero-order chi connectivity index (χ0) is 35.4. The Labute approximate surface area is 304 Å². The van der Waals surface area contributed by atoms with Crippen LogP contribution < -0.4 is 0 Å². The number of aromatic nitrogens is 3. The van der Waals surface area contributed by atoms with Gasteiger partial charge in [0.25, 0.3) is 0 Å². The number of benzene rings is 7. The van der Waals surface area contributed by atoms with E-state index < -0.39 is 0 Å². The van der Waals surface area contributed by atoms with Crippen molar-refractivity contribution >= 4 is 32.6 Å². The monoisotopic (exact) mass is 669 g/mol. The van der Waals surface area contributed by atoms with Crippen LogP contribution in [-0.4, -0.2) is 14.5 Å². The van der Waals surface area contributed by atoms with Crippen LogP contribution in [0, 0.1) is 0 Å². The van der Waals surface area contributed by atoms with E-state index in [1.54, 1.807) is 0 Å². The summed E-state index contributed by atoms with van der Waals surface area (Å²) in [7, 11) is 0. The van der Waals surface area contributed by atoms with Crippen molar-refractivity contribution in [3.63, 3.8) is 0 Å². The molecule has 3 heteroatoms. The minimum atomic E-state index is -0.101. The van der Waals surface area contributed by atoms with Crippen LogP contribution in [0.5, 0.6) is 0 Å². The third kappa shape index (κ3) is 4.81. The molecule has 7 aromatic carbocycles. The summed E-state index contributed by atoms with van der Waals surface area (Å²) in [5, 5.41) is 4.83. The Bertz CT molecular complexity index is 2720. The predicted molar refractivity (Wildman–Crippen MR) is 219 cm³/mol. The van der Waals surface area contributed by atoms with Gasteiger partial charge in [-0.1, -0.05) is 179 Å². The van der Waals surface area contributed by atoms with E-state index in [9.17, 15) is 0 Å². The highest BCUT2D eigenvalue weighted by Gasteiger charge is 2.37. The molecule has 0 bridgehead atoms. The first-order valence-electron chi connectivity index (χ1n) is 18.3. The molecule has 0 saturated carbocycles. The minimum absolute atomic E-state index is 0.101. The van der Waals surface area contributed by atoms with Gasteiger partial charge >= 0.3 is 0 Å². The molecule has 0 N–H and O–H groups in total. The summed E-state index contributed by atoms with van der Waals surface area (Å²) in [5.74, 6) is 0.654. The molecule has 0 spiro atoms. The van der Waals surface area contributed by atoms with Crippen molar-refractivity contribution in [1.82, 2.24) is 14.5 Å². The van der Waals surface area contributed by atoms with Crippen molar-refractivity contribution in [1.29, 1.82) is 0 Å². The number of rotatable bonds is 4. The van der Waals surface area contributed by atoms with Crippen molar-refractivity contribution < 1.29 is 0 Å². The lowest BCUT2D eigenvalue weighted by atomic mass is 9.82. The Morgan fingerprint density at radius 3 is 1.77 bits per heavy atom. The number of para-hydroxylation sites is 1. The van der Waals surface area contributed by atoms with Crippen LogP contribution in [0.25, 0.3) is 83.3 Å². The van der Waals surface area contributed by atoms with Crippen LogP contribution in [0.15, 0.2) is 164 Å². The van der Waals surface area contributed by atoms with Crippen molar-refractivity contribution in [3.8, 4) is 50.7 Å². The predicted octanol–water partition coefficient (Wildman–Crippen LogP) is 13.1. The molecule has 9 aromatic rings. The first kappa shape index (κ1) is 31.6. The quantitative estimate of drug-likeness (QED) is 0.187. The highest BCUT2D eigenvalue weighted by molar-refractivity contribution is 6.23. The van der Waals surface area contributed by atoms with Crippen molar-refractivity contribution in [3.05, 3.63) is 175 Å². The number of hydrogen-bond donors (Lipinski definition) is 0. The van der Waals surface area contributed by atoms with Crippen LogP contribution in [0.4, 0.5) is 0 Å². The molecule has 1 aliphatic rings. The van der Waals surface area contributed by atoms with Gasteiger partial charge in [0.2, 0.25) is 5.95 Å². The van der Waals surface area contributed by atoms with E-state index in [0.717, 1.165) is 33.5 Å². The molecule has 0 saturated heterocycles. The van der Waals surface area contributed by atoms with Crippen LogP contribution in [0.1, 0.15) is 38.8 Å². The number of hydrogen-bond acceptors (Lipinski definition) is 2. The topological polar surface area (TPSA) is 30.7 Å². The van der Waals surface area contributed by atoms with Crippen LogP contribution in [0.3, 0.4) is 0 Å². The lowest BCUT2D eigenvalue weighted by molar-refractivity contribution is 0.660. The molecule has 0 unspecified atom stereocenters. The molecule has 2 aromatic heterocycles. The lowest BCUT2D eigenvalue weighted by Gasteiger charge is -2.21. The van der Waals surface area contributed by atoms with Gasteiger partial charge in [-0.05, 0) is 50.7 Å². The molecular weight excluding hydrogens is 631 g/mol. The largest absolute Gasteiger partial charge is 0.277 e. The second kappa shape index (κ2) is 12.5. The van der Waals surface area contributed by atoms with Gasteiger partial charge in [-0.25, -0.2) is 9.97 Å². The van der Waals surface area contributed by atoms with E-state index in [0.29, 0.717) is 5.95 Å². The van der Waals surface area contributed by atoms with E-state index in [1.807, 2.05) is 26.0 Å². The first-order valence-corrected chi connectivity index (χ1v) is 18.3. The molecule has 0 radical (unpaired) electrons. The van der Waals surface area contributed by atoms with Gasteiger partial charge in [-0.15, -0.1) is 0 Å². The van der Waals surface area contributed by atoms with Gasteiger partial charge in [-0.2, -0.15) is 0 Å². The molecule has 52 heavy (non-hydrogen) atoms. The normalized spacial score (nSPS) is 12.8. The molecule has 1 aliphatic carbocycles. The lowest BCUT2D eigenvalue weighted by Crippen LogP contribution is -2.14. The smallest absolute Gasteiger partial charge is 0.235 e. The van der Waals surface area contributed by atoms with Gasteiger partial charge < -0.3 is 0 Å². The summed E-state index contributed by atoms with van der Waals surface area (Å²) >= 11 is 0. The molecule has 0 fully saturated rings. The number of fused-ring (bicyclic) bond motifs is 8. The molecule has 0 aliphatic heterocycles. The van der Waals surface area contributed by atoms with E-state index in [-0.39, 0.29) is 5.41 Å². The molecule has 250 valence electrons. The Morgan fingerprint density at radius 1 is 0.481 bits per heavy atom. The van der Waals surface area contributed by atoms with Gasteiger partial charge in [0.15, 0.2) is 0 Å². The Morgan fingerprint density at radius 2 is 1.04 bits per heavy atom. The fourth-order valence-corrected chi connectivity index (χ4v) is 8.29. The Balaban J connectivity index is 0.00000177. The summed E-state index contributed by atoms with van der Waals surface area (Å²) in [6.07, 6.45) is 0. The van der Waals surface area contributed by atoms with Crippen LogP contribution in [-0.2, 0) is 5.41 Å². The van der Waals surface area contributed by atoms with Crippen molar-refractivity contribution in [2.45, 2.75) is 33.1 Å². The van der Waals surface area contributed by atoms with Gasteiger partial charge in [0, 0.05) is 32.9 Å². The van der Waals surface area contributed by atoms with Gasteiger partial charge in [0.05, 0.1) is 22.4 Å². The summed E-state index contributed by atoms with van der Waals surface area (Å²) < 4.78 is 2.32. The maximum atomic E-state index is 5.37. The Hall–Kier alpha value is -6.32. The fourth-order valence-electron chi connectivity index (χ4n) is 8.29. The van der Waals surface area contributed by atoms with E-state index >= 15 is 0 Å². The average molecular weight is 670 g/mol. The van der Waals surface area contributed by atoms with E-state index in [4.69, 9.17) is 9.97 Å². The standard InChI is InChI=1S/C47H33N3.C2H6/c1-47(2)38-25-12-11-21-36(38)43-34(22-14-26-39(43)47)35-23-13-24-37-44-33-20-10-9-15-30(33)27-28-42(44)50(45(35)37)46-48-40(31-16-5-3-6-17-31)29-41(49-46)32-18-7-4-8-19-32;1-2/h3-29H,1-2H3;1-2H3. The van der Waals surface area contributed by atoms with E-state index in [1.165, 1.54) is 54.9 Å². The first-order chi connectivity index (χ1) is 25.6. The van der Waals surface area contributed by atoms with Crippen molar-refractivity contribution in [2.75, 3.05) is 0 Å². The summed E-state index contributed by atoms with van der Waals surface area (Å²) in [4.78, 5) is 10.7. The second-order valence-electron chi connectivity index (χ2n) is 13.8. The molecule has 3 nitrogen and oxygen atoms in total. The summed E-state index contributed by atoms with van der Waals surface area (Å²) in [6.45, 7) is 8.69. The molecule has 2 heterocycles. The maximum Gasteiger partial charge on any atom is 0.235 e. The zero-order valence-electron chi connectivity index (χ0n) is 29.9. The second-order valence-corrected chi connectivity index (χ2v) is 13.8. The summed E-state index contributed by atoms with van der Waals surface area (Å²) in [6, 6.07) is 58.6.